The predicted octanol–water partition coefficient (Wildman–Crippen LogP) is 21.5. The van der Waals surface area contributed by atoms with Crippen molar-refractivity contribution in [2.24, 2.45) is 0 Å². The summed E-state index contributed by atoms with van der Waals surface area (Å²) in [6, 6.07) is 105. The highest BCUT2D eigenvalue weighted by molar-refractivity contribution is 6.16. The Bertz CT molecular complexity index is 5800. The number of hydrogen-bond donors (Lipinski definition) is 0. The molecule has 0 aliphatic heterocycles. The molecule has 0 amide bonds. The molecule has 0 aliphatic rings. The molecule has 5 heterocycles. The van der Waals surface area contributed by atoms with E-state index < -0.39 is 0 Å². The molecular weight excluding hydrogens is 1070 g/mol. The predicted molar refractivity (Wildman–Crippen MR) is 361 cm³/mol. The summed E-state index contributed by atoms with van der Waals surface area (Å²) < 4.78 is 18.1. The van der Waals surface area contributed by atoms with E-state index in [1.807, 2.05) is 42.5 Å². The smallest absolute Gasteiger partial charge is 0.164 e. The van der Waals surface area contributed by atoms with Gasteiger partial charge in [0, 0.05) is 71.2 Å². The summed E-state index contributed by atoms with van der Waals surface area (Å²) >= 11 is 0. The molecule has 7 heteroatoms. The van der Waals surface area contributed by atoms with E-state index in [0.717, 1.165) is 116 Å². The van der Waals surface area contributed by atoms with Crippen LogP contribution in [-0.2, 0) is 0 Å². The highest BCUT2D eigenvalue weighted by Gasteiger charge is 2.23. The van der Waals surface area contributed by atoms with Gasteiger partial charge < -0.3 is 18.0 Å². The quantitative estimate of drug-likeness (QED) is 0.144. The van der Waals surface area contributed by atoms with Gasteiger partial charge in [-0.2, -0.15) is 0 Å². The van der Waals surface area contributed by atoms with Crippen LogP contribution in [0.2, 0.25) is 0 Å². The molecule has 410 valence electrons. The van der Waals surface area contributed by atoms with Crippen LogP contribution in [0.5, 0.6) is 0 Å². The van der Waals surface area contributed by atoms with Crippen molar-refractivity contribution in [3.8, 4) is 90.0 Å². The first kappa shape index (κ1) is 49.5. The molecule has 0 N–H and O–H groups in total. The van der Waals surface area contributed by atoms with Crippen molar-refractivity contribution in [1.29, 1.82) is 0 Å². The zero-order valence-corrected chi connectivity index (χ0v) is 47.3. The molecule has 0 spiro atoms. The maximum Gasteiger partial charge on any atom is 0.164 e. The van der Waals surface area contributed by atoms with Crippen molar-refractivity contribution >= 4 is 87.5 Å². The highest BCUT2D eigenvalue weighted by atomic mass is 16.3. The highest BCUT2D eigenvalue weighted by Crippen LogP contribution is 2.44. The largest absolute Gasteiger partial charge is 0.456 e. The van der Waals surface area contributed by atoms with Gasteiger partial charge in [0.2, 0.25) is 0 Å². The number of rotatable bonds is 9. The Morgan fingerprint density at radius 3 is 1.12 bits per heavy atom. The summed E-state index contributed by atoms with van der Waals surface area (Å²) in [6.07, 6.45) is 0. The first-order valence-corrected chi connectivity index (χ1v) is 29.7. The van der Waals surface area contributed by atoms with Crippen LogP contribution >= 0.6 is 0 Å². The molecule has 0 aliphatic carbocycles. The number of benzene rings is 13. The molecule has 5 aromatic heterocycles. The number of nitrogens with zero attached hydrogens (tertiary/aromatic N) is 5. The minimum atomic E-state index is 0.540. The van der Waals surface area contributed by atoms with E-state index in [4.69, 9.17) is 23.8 Å². The van der Waals surface area contributed by atoms with Gasteiger partial charge >= 0.3 is 0 Å². The molecule has 0 unspecified atom stereocenters. The lowest BCUT2D eigenvalue weighted by atomic mass is 9.98. The molecule has 7 nitrogen and oxygen atoms in total. The minimum Gasteiger partial charge on any atom is -0.456 e. The Labute approximate surface area is 504 Å². The molecule has 0 bridgehead atoms. The first-order chi connectivity index (χ1) is 43.6. The third kappa shape index (κ3) is 8.02. The van der Waals surface area contributed by atoms with Gasteiger partial charge in [0.15, 0.2) is 17.5 Å². The van der Waals surface area contributed by atoms with Crippen molar-refractivity contribution in [3.05, 3.63) is 297 Å². The summed E-state index contributed by atoms with van der Waals surface area (Å²) in [5, 5.41) is 8.58. The number of furan rings is 2. The van der Waals surface area contributed by atoms with Gasteiger partial charge in [-0.25, -0.2) is 15.0 Å². The van der Waals surface area contributed by atoms with Crippen LogP contribution in [0, 0.1) is 0 Å². The van der Waals surface area contributed by atoms with Crippen molar-refractivity contribution in [3.63, 3.8) is 0 Å². The van der Waals surface area contributed by atoms with Gasteiger partial charge in [-0.05, 0) is 142 Å². The van der Waals surface area contributed by atoms with Crippen LogP contribution < -0.4 is 0 Å². The molecule has 0 saturated heterocycles. The van der Waals surface area contributed by atoms with E-state index >= 15 is 0 Å². The maximum atomic E-state index is 6.70. The van der Waals surface area contributed by atoms with Gasteiger partial charge in [0.05, 0.1) is 22.1 Å². The second kappa shape index (κ2) is 19.8. The van der Waals surface area contributed by atoms with Crippen LogP contribution in [0.25, 0.3) is 178 Å². The van der Waals surface area contributed by atoms with Crippen LogP contribution in [0.4, 0.5) is 0 Å². The lowest BCUT2D eigenvalue weighted by Crippen LogP contribution is -2.00. The van der Waals surface area contributed by atoms with E-state index in [1.165, 1.54) is 43.8 Å². The normalized spacial score (nSPS) is 11.9. The summed E-state index contributed by atoms with van der Waals surface area (Å²) in [5.41, 5.74) is 21.6. The lowest BCUT2D eigenvalue weighted by molar-refractivity contribution is 0.668. The Kier molecular flexibility index (Phi) is 11.2. The van der Waals surface area contributed by atoms with Crippen molar-refractivity contribution < 1.29 is 8.83 Å². The molecule has 0 saturated carbocycles. The van der Waals surface area contributed by atoms with E-state index in [1.54, 1.807) is 0 Å². The Hall–Kier alpha value is -11.9. The van der Waals surface area contributed by atoms with Crippen molar-refractivity contribution in [2.75, 3.05) is 0 Å². The third-order valence-electron chi connectivity index (χ3n) is 17.6. The SMILES string of the molecule is c1ccc(-c2ccc(-n3c4ccccc4c4cc(-c5ccc6oc7cccc(-c8nc(-c9ccccc9)nc(-c9cccc%10oc%11ccc(-c%12ccc%13c(c%12)c%12ccccc%12n%13-c%12cccc(-c%13ccccc%13)c%12)cc%11c9%10)n8)c7c6c5)ccc43)cc2)cc1. The minimum absolute atomic E-state index is 0.540. The topological polar surface area (TPSA) is 74.8 Å². The third-order valence-corrected chi connectivity index (χ3v) is 17.6. The number of aromatic nitrogens is 5. The second-order valence-electron chi connectivity index (χ2n) is 22.7. The van der Waals surface area contributed by atoms with E-state index in [0.29, 0.717) is 17.5 Å². The fourth-order valence-corrected chi connectivity index (χ4v) is 13.5. The average Bonchev–Trinajstić information content (AvgIpc) is 1.84. The standard InChI is InChI=1S/C81H49N5O2/c1-4-17-50(18-5-1)52-33-39-59(40-34-52)85-69-29-12-10-25-61(69)65-46-55(35-41-71(65)85)57-37-43-73-67(48-57)77-63(27-15-31-75(77)87-73)80-82-79(53-21-8-3-9-22-53)83-81(84-80)64-28-16-32-76-78(64)68-49-58(38-44-74(68)88-76)56-36-42-72-66(47-56)62-26-11-13-30-70(62)86(72)60-24-14-23-54(45-60)51-19-6-2-7-20-51/h1-49H. The number of hydrogen-bond acceptors (Lipinski definition) is 5. The molecule has 13 aromatic carbocycles. The Morgan fingerprint density at radius 1 is 0.216 bits per heavy atom. The summed E-state index contributed by atoms with van der Waals surface area (Å²) in [5.74, 6) is 1.65. The Morgan fingerprint density at radius 2 is 0.591 bits per heavy atom. The molecule has 0 atom stereocenters. The van der Waals surface area contributed by atoms with Gasteiger partial charge in [-0.15, -0.1) is 0 Å². The van der Waals surface area contributed by atoms with Gasteiger partial charge in [-0.3, -0.25) is 0 Å². The molecule has 88 heavy (non-hydrogen) atoms. The lowest BCUT2D eigenvalue weighted by Gasteiger charge is -2.11. The van der Waals surface area contributed by atoms with E-state index in [9.17, 15) is 0 Å². The average molecular weight is 1120 g/mol. The molecule has 0 fully saturated rings. The van der Waals surface area contributed by atoms with Crippen LogP contribution in [0.15, 0.2) is 306 Å². The van der Waals surface area contributed by atoms with Gasteiger partial charge in [0.1, 0.15) is 22.3 Å². The fraction of sp³-hybridized carbons (Fsp3) is 0. The van der Waals surface area contributed by atoms with E-state index in [-0.39, 0.29) is 0 Å². The summed E-state index contributed by atoms with van der Waals surface area (Å²) in [4.78, 5) is 16.1. The summed E-state index contributed by atoms with van der Waals surface area (Å²) in [7, 11) is 0. The number of fused-ring (bicyclic) bond motifs is 12. The van der Waals surface area contributed by atoms with Crippen molar-refractivity contribution in [1.82, 2.24) is 24.1 Å². The first-order valence-electron chi connectivity index (χ1n) is 29.7. The van der Waals surface area contributed by atoms with Crippen LogP contribution in [-0.4, -0.2) is 24.1 Å². The van der Waals surface area contributed by atoms with Crippen molar-refractivity contribution in [2.45, 2.75) is 0 Å². The van der Waals surface area contributed by atoms with Gasteiger partial charge in [-0.1, -0.05) is 200 Å². The zero-order valence-electron chi connectivity index (χ0n) is 47.3. The molecule has 18 aromatic rings. The molecule has 18 rings (SSSR count). The van der Waals surface area contributed by atoms with Gasteiger partial charge in [0.25, 0.3) is 0 Å². The number of para-hydroxylation sites is 2. The summed E-state index contributed by atoms with van der Waals surface area (Å²) in [6.45, 7) is 0. The monoisotopic (exact) mass is 1120 g/mol. The molecule has 0 radical (unpaired) electrons. The maximum absolute atomic E-state index is 6.70. The zero-order chi connectivity index (χ0) is 57.8. The second-order valence-corrected chi connectivity index (χ2v) is 22.7. The fourth-order valence-electron chi connectivity index (χ4n) is 13.5. The van der Waals surface area contributed by atoms with E-state index in [2.05, 4.69) is 264 Å². The molecular formula is C81H49N5O2. The Balaban J connectivity index is 0.751. The van der Waals surface area contributed by atoms with Crippen LogP contribution in [0.3, 0.4) is 0 Å². The van der Waals surface area contributed by atoms with Crippen LogP contribution in [0.1, 0.15) is 0 Å².